The maximum absolute atomic E-state index is 5.90. The first kappa shape index (κ1) is 14.8. The van der Waals surface area contributed by atoms with Gasteiger partial charge in [-0.15, -0.1) is 0 Å². The third-order valence-corrected chi connectivity index (χ3v) is 2.91. The molecule has 0 aliphatic carbocycles. The van der Waals surface area contributed by atoms with E-state index in [9.17, 15) is 0 Å². The van der Waals surface area contributed by atoms with Crippen molar-refractivity contribution in [3.05, 3.63) is 42.0 Å². The molecule has 0 amide bonds. The van der Waals surface area contributed by atoms with E-state index in [-0.39, 0.29) is 0 Å². The lowest BCUT2D eigenvalue weighted by Crippen LogP contribution is -2.07. The van der Waals surface area contributed by atoms with Crippen LogP contribution in [0.5, 0.6) is 5.75 Å². The molecular weight excluding hydrogens is 220 g/mol. The Bertz CT molecular complexity index is 366. The zero-order valence-corrected chi connectivity index (χ0v) is 12.1. The summed E-state index contributed by atoms with van der Waals surface area (Å²) >= 11 is 0. The fraction of sp³-hybridized carbons (Fsp3) is 0.529. The molecule has 0 aromatic heterocycles. The number of ether oxygens (including phenoxy) is 1. The Labute approximate surface area is 112 Å². The lowest BCUT2D eigenvalue weighted by Gasteiger charge is -2.16. The predicted molar refractivity (Wildman–Crippen MR) is 79.2 cm³/mol. The number of benzene rings is 1. The number of allylic oxidation sites excluding steroid dienone is 2. The van der Waals surface area contributed by atoms with Gasteiger partial charge in [0, 0.05) is 0 Å². The molecule has 0 radical (unpaired) electrons. The molecule has 0 aliphatic heterocycles. The Morgan fingerprint density at radius 2 is 1.83 bits per heavy atom. The highest BCUT2D eigenvalue weighted by Crippen LogP contribution is 2.29. The Hall–Kier alpha value is -1.24. The minimum atomic E-state index is 0.510. The van der Waals surface area contributed by atoms with Crippen molar-refractivity contribution in [1.82, 2.24) is 0 Å². The zero-order chi connectivity index (χ0) is 13.4. The highest BCUT2D eigenvalue weighted by atomic mass is 16.5. The average Bonchev–Trinajstić information content (AvgIpc) is 2.37. The van der Waals surface area contributed by atoms with Crippen molar-refractivity contribution in [3.63, 3.8) is 0 Å². The Balaban J connectivity index is 2.71. The van der Waals surface area contributed by atoms with E-state index in [1.165, 1.54) is 5.56 Å². The first-order valence-corrected chi connectivity index (χ1v) is 7.01. The Kier molecular flexibility index (Phi) is 6.56. The van der Waals surface area contributed by atoms with Crippen LogP contribution in [0.2, 0.25) is 0 Å². The van der Waals surface area contributed by atoms with Gasteiger partial charge in [0.25, 0.3) is 0 Å². The van der Waals surface area contributed by atoms with Gasteiger partial charge in [-0.2, -0.15) is 0 Å². The molecule has 1 rings (SSSR count). The second-order valence-electron chi connectivity index (χ2n) is 5.26. The third-order valence-electron chi connectivity index (χ3n) is 2.91. The average molecular weight is 246 g/mol. The molecule has 1 heteroatoms. The Morgan fingerprint density at radius 1 is 1.11 bits per heavy atom. The first-order chi connectivity index (χ1) is 8.65. The van der Waals surface area contributed by atoms with E-state index in [0.29, 0.717) is 11.8 Å². The molecular formula is C17H26O. The molecule has 1 atom stereocenters. The van der Waals surface area contributed by atoms with Crippen LogP contribution in [0.1, 0.15) is 52.0 Å². The number of hydrogen-bond donors (Lipinski definition) is 0. The summed E-state index contributed by atoms with van der Waals surface area (Å²) in [6.45, 7) is 9.57. The van der Waals surface area contributed by atoms with Crippen LogP contribution in [0.15, 0.2) is 36.4 Å². The number of rotatable bonds is 7. The summed E-state index contributed by atoms with van der Waals surface area (Å²) in [6, 6.07) is 8.41. The molecule has 1 unspecified atom stereocenters. The van der Waals surface area contributed by atoms with Crippen LogP contribution in [0.25, 0.3) is 0 Å². The SMILES string of the molecule is CC/C=C\CC(C)c1ccccc1OCC(C)C. The van der Waals surface area contributed by atoms with Crippen LogP contribution in [-0.2, 0) is 0 Å². The summed E-state index contributed by atoms with van der Waals surface area (Å²) in [4.78, 5) is 0. The first-order valence-electron chi connectivity index (χ1n) is 7.01. The fourth-order valence-corrected chi connectivity index (χ4v) is 1.87. The van der Waals surface area contributed by atoms with E-state index in [4.69, 9.17) is 4.74 Å². The summed E-state index contributed by atoms with van der Waals surface area (Å²) < 4.78 is 5.90. The lowest BCUT2D eigenvalue weighted by atomic mass is 9.96. The van der Waals surface area contributed by atoms with Gasteiger partial charge in [-0.3, -0.25) is 0 Å². The minimum absolute atomic E-state index is 0.510. The molecule has 100 valence electrons. The molecule has 0 fully saturated rings. The van der Waals surface area contributed by atoms with Gasteiger partial charge in [-0.1, -0.05) is 58.0 Å². The highest BCUT2D eigenvalue weighted by molar-refractivity contribution is 5.36. The fourth-order valence-electron chi connectivity index (χ4n) is 1.87. The standard InChI is InChI=1S/C17H26O/c1-5-6-7-10-15(4)16-11-8-9-12-17(16)18-13-14(2)3/h6-9,11-12,14-15H,5,10,13H2,1-4H3/b7-6-. The normalized spacial score (nSPS) is 13.2. The van der Waals surface area contributed by atoms with Gasteiger partial charge in [-0.05, 0) is 36.3 Å². The lowest BCUT2D eigenvalue weighted by molar-refractivity contribution is 0.267. The van der Waals surface area contributed by atoms with Crippen molar-refractivity contribution in [2.75, 3.05) is 6.61 Å². The quantitative estimate of drug-likeness (QED) is 0.602. The molecule has 0 heterocycles. The van der Waals surface area contributed by atoms with Crippen LogP contribution in [0, 0.1) is 5.92 Å². The van der Waals surface area contributed by atoms with E-state index < -0.39 is 0 Å². The van der Waals surface area contributed by atoms with Crippen LogP contribution < -0.4 is 4.74 Å². The molecule has 0 N–H and O–H groups in total. The molecule has 0 saturated heterocycles. The van der Waals surface area contributed by atoms with Crippen molar-refractivity contribution in [1.29, 1.82) is 0 Å². The van der Waals surface area contributed by atoms with Gasteiger partial charge in [0.05, 0.1) is 6.61 Å². The van der Waals surface area contributed by atoms with Crippen molar-refractivity contribution in [2.45, 2.75) is 46.5 Å². The van der Waals surface area contributed by atoms with Gasteiger partial charge in [0.1, 0.15) is 5.75 Å². The summed E-state index contributed by atoms with van der Waals surface area (Å²) in [7, 11) is 0. The Morgan fingerprint density at radius 3 is 2.50 bits per heavy atom. The van der Waals surface area contributed by atoms with E-state index in [1.54, 1.807) is 0 Å². The zero-order valence-electron chi connectivity index (χ0n) is 12.1. The van der Waals surface area contributed by atoms with Crippen molar-refractivity contribution in [3.8, 4) is 5.75 Å². The smallest absolute Gasteiger partial charge is 0.122 e. The second kappa shape index (κ2) is 7.97. The van der Waals surface area contributed by atoms with Crippen molar-refractivity contribution >= 4 is 0 Å². The second-order valence-corrected chi connectivity index (χ2v) is 5.26. The predicted octanol–water partition coefficient (Wildman–Crippen LogP) is 5.18. The summed E-state index contributed by atoms with van der Waals surface area (Å²) in [5.41, 5.74) is 1.32. The van der Waals surface area contributed by atoms with Crippen molar-refractivity contribution < 1.29 is 4.74 Å². The van der Waals surface area contributed by atoms with Crippen molar-refractivity contribution in [2.24, 2.45) is 5.92 Å². The van der Waals surface area contributed by atoms with Crippen LogP contribution in [0.4, 0.5) is 0 Å². The number of para-hydroxylation sites is 1. The molecule has 1 aromatic carbocycles. The van der Waals surface area contributed by atoms with E-state index in [2.05, 4.69) is 58.0 Å². The van der Waals surface area contributed by atoms with E-state index >= 15 is 0 Å². The third kappa shape index (κ3) is 4.95. The maximum Gasteiger partial charge on any atom is 0.122 e. The van der Waals surface area contributed by atoms with Gasteiger partial charge < -0.3 is 4.74 Å². The van der Waals surface area contributed by atoms with Crippen LogP contribution in [0.3, 0.4) is 0 Å². The van der Waals surface area contributed by atoms with E-state index in [1.807, 2.05) is 6.07 Å². The molecule has 0 spiro atoms. The van der Waals surface area contributed by atoms with Gasteiger partial charge in [0.2, 0.25) is 0 Å². The van der Waals surface area contributed by atoms with Crippen LogP contribution in [-0.4, -0.2) is 6.61 Å². The largest absolute Gasteiger partial charge is 0.493 e. The monoisotopic (exact) mass is 246 g/mol. The number of hydrogen-bond acceptors (Lipinski definition) is 1. The van der Waals surface area contributed by atoms with Gasteiger partial charge in [-0.25, -0.2) is 0 Å². The molecule has 1 aromatic rings. The molecule has 0 saturated carbocycles. The van der Waals surface area contributed by atoms with Crippen LogP contribution >= 0.6 is 0 Å². The molecule has 18 heavy (non-hydrogen) atoms. The maximum atomic E-state index is 5.90. The summed E-state index contributed by atoms with van der Waals surface area (Å²) in [5, 5.41) is 0. The molecule has 0 bridgehead atoms. The summed E-state index contributed by atoms with van der Waals surface area (Å²) in [5.74, 6) is 2.12. The molecule has 1 nitrogen and oxygen atoms in total. The molecule has 0 aliphatic rings. The minimum Gasteiger partial charge on any atom is -0.493 e. The topological polar surface area (TPSA) is 9.23 Å². The van der Waals surface area contributed by atoms with E-state index in [0.717, 1.165) is 25.2 Å². The van der Waals surface area contributed by atoms with Gasteiger partial charge >= 0.3 is 0 Å². The summed E-state index contributed by atoms with van der Waals surface area (Å²) in [6.07, 6.45) is 6.69. The van der Waals surface area contributed by atoms with Gasteiger partial charge in [0.15, 0.2) is 0 Å². The highest BCUT2D eigenvalue weighted by Gasteiger charge is 2.10.